The molecule has 1 amide bonds. The predicted octanol–water partition coefficient (Wildman–Crippen LogP) is 3.50. The first-order valence-corrected chi connectivity index (χ1v) is 9.98. The summed E-state index contributed by atoms with van der Waals surface area (Å²) in [5.41, 5.74) is -0.677. The molecule has 2 aromatic rings. The lowest BCUT2D eigenvalue weighted by atomic mass is 9.81. The fourth-order valence-electron chi connectivity index (χ4n) is 3.40. The molecule has 1 fully saturated rings. The molecule has 0 unspecified atom stereocenters. The Morgan fingerprint density at radius 1 is 1.48 bits per heavy atom. The molecule has 8 heteroatoms. The smallest absolute Gasteiger partial charge is 0.234 e. The third kappa shape index (κ3) is 3.93. The average molecular weight is 385 g/mol. The zero-order valence-electron chi connectivity index (χ0n) is 15.4. The highest BCUT2D eigenvalue weighted by Crippen LogP contribution is 2.33. The normalized spacial score (nSPS) is 15.9. The number of hydrogen-bond acceptors (Lipinski definition) is 6. The van der Waals surface area contributed by atoms with Crippen LogP contribution in [0.25, 0.3) is 11.6 Å². The zero-order valence-corrected chi connectivity index (χ0v) is 16.2. The first-order chi connectivity index (χ1) is 13.1. The van der Waals surface area contributed by atoms with Crippen LogP contribution in [0.4, 0.5) is 0 Å². The topological polar surface area (TPSA) is 88.0 Å². The van der Waals surface area contributed by atoms with Crippen molar-refractivity contribution in [1.82, 2.24) is 19.7 Å². The average Bonchev–Trinajstić information content (AvgIpc) is 3.36. The first kappa shape index (κ1) is 19.2. The lowest BCUT2D eigenvalue weighted by Crippen LogP contribution is -2.50. The second kappa shape index (κ2) is 8.44. The van der Waals surface area contributed by atoms with Crippen molar-refractivity contribution in [2.75, 3.05) is 12.8 Å². The molecular weight excluding hydrogens is 362 g/mol. The lowest BCUT2D eigenvalue weighted by Gasteiger charge is -2.39. The number of allylic oxidation sites excluding steroid dienone is 1. The van der Waals surface area contributed by atoms with Crippen LogP contribution in [-0.2, 0) is 11.3 Å². The Morgan fingerprint density at radius 2 is 2.26 bits per heavy atom. The van der Waals surface area contributed by atoms with Crippen LogP contribution in [0, 0.1) is 11.3 Å². The Bertz CT molecular complexity index is 831. The van der Waals surface area contributed by atoms with E-state index in [9.17, 15) is 10.1 Å². The molecule has 1 aliphatic carbocycles. The Balaban J connectivity index is 1.72. The molecule has 0 aromatic carbocycles. The highest BCUT2D eigenvalue weighted by atomic mass is 32.2. The standard InChI is InChI=1S/C19H23N5O2S/c1-3-11-24-17(15-8-7-12-26-15)21-22-18(24)27-13-16(25)23(2)19(14-20)9-5-4-6-10-19/h3,7-8,12H,1,4-6,9-11,13H2,2H3. The number of furan rings is 1. The minimum absolute atomic E-state index is 0.0730. The number of carbonyl (C=O) groups is 1. The van der Waals surface area contributed by atoms with Crippen LogP contribution < -0.4 is 0 Å². The van der Waals surface area contributed by atoms with Crippen LogP contribution in [0.3, 0.4) is 0 Å². The first-order valence-electron chi connectivity index (χ1n) is 9.00. The van der Waals surface area contributed by atoms with Gasteiger partial charge in [-0.2, -0.15) is 5.26 Å². The Labute approximate surface area is 163 Å². The van der Waals surface area contributed by atoms with Gasteiger partial charge in [-0.15, -0.1) is 16.8 Å². The molecule has 0 spiro atoms. The fourth-order valence-corrected chi connectivity index (χ4v) is 4.26. The minimum Gasteiger partial charge on any atom is -0.461 e. The van der Waals surface area contributed by atoms with E-state index < -0.39 is 5.54 Å². The summed E-state index contributed by atoms with van der Waals surface area (Å²) in [6.45, 7) is 4.29. The number of hydrogen-bond donors (Lipinski definition) is 0. The van der Waals surface area contributed by atoms with E-state index >= 15 is 0 Å². The van der Waals surface area contributed by atoms with E-state index in [-0.39, 0.29) is 11.7 Å². The third-order valence-electron chi connectivity index (χ3n) is 5.00. The Hall–Kier alpha value is -2.53. The van der Waals surface area contributed by atoms with Crippen molar-refractivity contribution in [2.45, 2.75) is 49.3 Å². The van der Waals surface area contributed by atoms with Gasteiger partial charge in [0.2, 0.25) is 11.7 Å². The van der Waals surface area contributed by atoms with Crippen molar-refractivity contribution in [2.24, 2.45) is 0 Å². The Morgan fingerprint density at radius 3 is 2.89 bits per heavy atom. The van der Waals surface area contributed by atoms with Crippen LogP contribution in [0.2, 0.25) is 0 Å². The van der Waals surface area contributed by atoms with Crippen molar-refractivity contribution < 1.29 is 9.21 Å². The van der Waals surface area contributed by atoms with Gasteiger partial charge in [0.05, 0.1) is 18.1 Å². The lowest BCUT2D eigenvalue weighted by molar-refractivity contribution is -0.131. The van der Waals surface area contributed by atoms with Gasteiger partial charge in [0.1, 0.15) is 5.54 Å². The van der Waals surface area contributed by atoms with Crippen molar-refractivity contribution in [3.05, 3.63) is 31.1 Å². The summed E-state index contributed by atoms with van der Waals surface area (Å²) >= 11 is 1.31. The molecule has 7 nitrogen and oxygen atoms in total. The van der Waals surface area contributed by atoms with Gasteiger partial charge in [-0.25, -0.2) is 0 Å². The largest absolute Gasteiger partial charge is 0.461 e. The molecule has 0 N–H and O–H groups in total. The maximum atomic E-state index is 12.7. The van der Waals surface area contributed by atoms with Crippen molar-refractivity contribution in [3.8, 4) is 17.7 Å². The van der Waals surface area contributed by atoms with E-state index in [0.29, 0.717) is 23.3 Å². The number of aromatic nitrogens is 3. The molecule has 0 aliphatic heterocycles. The maximum Gasteiger partial charge on any atom is 0.234 e. The number of nitrogens with zero attached hydrogens (tertiary/aromatic N) is 5. The molecule has 27 heavy (non-hydrogen) atoms. The van der Waals surface area contributed by atoms with Gasteiger partial charge in [-0.3, -0.25) is 9.36 Å². The number of carbonyl (C=O) groups excluding carboxylic acids is 1. The maximum absolute atomic E-state index is 12.7. The van der Waals surface area contributed by atoms with Crippen LogP contribution in [-0.4, -0.2) is 43.9 Å². The molecule has 0 radical (unpaired) electrons. The van der Waals surface area contributed by atoms with Gasteiger partial charge < -0.3 is 9.32 Å². The summed E-state index contributed by atoms with van der Waals surface area (Å²) in [5, 5.41) is 18.7. The number of thioether (sulfide) groups is 1. The van der Waals surface area contributed by atoms with E-state index in [2.05, 4.69) is 22.8 Å². The second-order valence-corrected chi connectivity index (χ2v) is 7.57. The SMILES string of the molecule is C=CCn1c(SCC(=O)N(C)C2(C#N)CCCCC2)nnc1-c1ccco1. The van der Waals surface area contributed by atoms with E-state index in [1.54, 1.807) is 30.4 Å². The summed E-state index contributed by atoms with van der Waals surface area (Å²) in [7, 11) is 1.74. The molecular formula is C19H23N5O2S. The van der Waals surface area contributed by atoms with Crippen LogP contribution in [0.5, 0.6) is 0 Å². The molecule has 2 aromatic heterocycles. The molecule has 0 bridgehead atoms. The van der Waals surface area contributed by atoms with Crippen molar-refractivity contribution >= 4 is 17.7 Å². The molecule has 0 saturated heterocycles. The van der Waals surface area contributed by atoms with Crippen LogP contribution in [0.15, 0.2) is 40.6 Å². The molecule has 1 aliphatic rings. The summed E-state index contributed by atoms with van der Waals surface area (Å²) in [6, 6.07) is 5.99. The van der Waals surface area contributed by atoms with Gasteiger partial charge >= 0.3 is 0 Å². The molecule has 0 atom stereocenters. The van der Waals surface area contributed by atoms with E-state index in [4.69, 9.17) is 4.42 Å². The quantitative estimate of drug-likeness (QED) is 0.535. The Kier molecular flexibility index (Phi) is 6.01. The van der Waals surface area contributed by atoms with E-state index in [1.165, 1.54) is 11.8 Å². The summed E-state index contributed by atoms with van der Waals surface area (Å²) in [6.07, 6.45) is 7.91. The number of nitriles is 1. The third-order valence-corrected chi connectivity index (χ3v) is 5.95. The molecule has 2 heterocycles. The zero-order chi connectivity index (χ0) is 19.3. The van der Waals surface area contributed by atoms with Crippen LogP contribution >= 0.6 is 11.8 Å². The predicted molar refractivity (Wildman–Crippen MR) is 103 cm³/mol. The number of amides is 1. The fraction of sp³-hybridized carbons (Fsp3) is 0.474. The highest BCUT2D eigenvalue weighted by molar-refractivity contribution is 7.99. The van der Waals surface area contributed by atoms with Gasteiger partial charge in [0, 0.05) is 13.6 Å². The van der Waals surface area contributed by atoms with Crippen LogP contribution in [0.1, 0.15) is 32.1 Å². The summed E-state index contributed by atoms with van der Waals surface area (Å²) in [4.78, 5) is 14.4. The molecule has 1 saturated carbocycles. The summed E-state index contributed by atoms with van der Waals surface area (Å²) in [5.74, 6) is 1.35. The van der Waals surface area contributed by atoms with E-state index in [1.807, 2.05) is 10.6 Å². The van der Waals surface area contributed by atoms with E-state index in [0.717, 1.165) is 32.1 Å². The second-order valence-electron chi connectivity index (χ2n) is 6.63. The molecule has 3 rings (SSSR count). The number of rotatable bonds is 7. The highest BCUT2D eigenvalue weighted by Gasteiger charge is 2.38. The minimum atomic E-state index is -0.677. The van der Waals surface area contributed by atoms with Gasteiger partial charge in [0.25, 0.3) is 0 Å². The van der Waals surface area contributed by atoms with Gasteiger partial charge in [-0.1, -0.05) is 37.1 Å². The summed E-state index contributed by atoms with van der Waals surface area (Å²) < 4.78 is 7.28. The van der Waals surface area contributed by atoms with Crippen molar-refractivity contribution in [3.63, 3.8) is 0 Å². The van der Waals surface area contributed by atoms with Gasteiger partial charge in [-0.05, 0) is 25.0 Å². The monoisotopic (exact) mass is 385 g/mol. The van der Waals surface area contributed by atoms with Gasteiger partial charge in [0.15, 0.2) is 10.9 Å². The molecule has 142 valence electrons. The van der Waals surface area contributed by atoms with Crippen molar-refractivity contribution in [1.29, 1.82) is 5.26 Å².